The first-order valence-electron chi connectivity index (χ1n) is 3.18. The zero-order valence-corrected chi connectivity index (χ0v) is 7.02. The predicted molar refractivity (Wildman–Crippen MR) is 44.3 cm³/mol. The van der Waals surface area contributed by atoms with Crippen LogP contribution in [0.2, 0.25) is 0 Å². The van der Waals surface area contributed by atoms with E-state index >= 15 is 0 Å². The molecule has 12 heavy (non-hydrogen) atoms. The van der Waals surface area contributed by atoms with Gasteiger partial charge in [-0.05, 0) is 24.3 Å². The highest BCUT2D eigenvalue weighted by Gasteiger charge is 2.03. The fourth-order valence-electron chi connectivity index (χ4n) is 0.755. The molecule has 0 aromatic heterocycles. The van der Waals surface area contributed by atoms with Crippen molar-refractivity contribution in [1.29, 1.82) is 0 Å². The maximum atomic E-state index is 10.5. The SMILES string of the molecule is O=C(O)c1ccc([PH](=O)O)cc1. The van der Waals surface area contributed by atoms with E-state index in [9.17, 15) is 9.36 Å². The van der Waals surface area contributed by atoms with Gasteiger partial charge in [-0.3, -0.25) is 4.57 Å². The first-order valence-corrected chi connectivity index (χ1v) is 4.53. The van der Waals surface area contributed by atoms with Crippen molar-refractivity contribution in [2.45, 2.75) is 0 Å². The van der Waals surface area contributed by atoms with Crippen molar-refractivity contribution in [1.82, 2.24) is 0 Å². The molecule has 0 heterocycles. The third-order valence-electron chi connectivity index (χ3n) is 1.38. The summed E-state index contributed by atoms with van der Waals surface area (Å²) in [6.45, 7) is 0. The topological polar surface area (TPSA) is 74.6 Å². The smallest absolute Gasteiger partial charge is 0.335 e. The fourth-order valence-corrected chi connectivity index (χ4v) is 1.21. The summed E-state index contributed by atoms with van der Waals surface area (Å²) in [4.78, 5) is 19.0. The summed E-state index contributed by atoms with van der Waals surface area (Å²) in [6.07, 6.45) is 0. The Balaban J connectivity index is 3.01. The Kier molecular flexibility index (Phi) is 2.63. The van der Waals surface area contributed by atoms with E-state index in [1.165, 1.54) is 24.3 Å². The van der Waals surface area contributed by atoms with Gasteiger partial charge in [-0.2, -0.15) is 0 Å². The Hall–Kier alpha value is -1.12. The van der Waals surface area contributed by atoms with Crippen LogP contribution >= 0.6 is 8.03 Å². The average Bonchev–Trinajstić information content (AvgIpc) is 2.04. The predicted octanol–water partition coefficient (Wildman–Crippen LogP) is 0.477. The highest BCUT2D eigenvalue weighted by Crippen LogP contribution is 2.12. The monoisotopic (exact) mass is 186 g/mol. The van der Waals surface area contributed by atoms with Gasteiger partial charge in [-0.15, -0.1) is 0 Å². The lowest BCUT2D eigenvalue weighted by atomic mass is 10.2. The van der Waals surface area contributed by atoms with E-state index in [1.54, 1.807) is 0 Å². The average molecular weight is 186 g/mol. The standard InChI is InChI=1S/C7H7O4P/c8-7(9)5-1-3-6(4-2-5)12(10)11/h1-4,12H,(H,8,9)(H,10,11). The molecule has 0 bridgehead atoms. The van der Waals surface area contributed by atoms with Crippen molar-refractivity contribution < 1.29 is 19.4 Å². The number of rotatable bonds is 2. The summed E-state index contributed by atoms with van der Waals surface area (Å²) < 4.78 is 10.5. The third-order valence-corrected chi connectivity index (χ3v) is 2.21. The molecule has 0 fully saturated rings. The zero-order valence-electron chi connectivity index (χ0n) is 6.02. The quantitative estimate of drug-likeness (QED) is 0.658. The maximum absolute atomic E-state index is 10.5. The molecule has 0 radical (unpaired) electrons. The van der Waals surface area contributed by atoms with Crippen LogP contribution in [0.15, 0.2) is 24.3 Å². The minimum atomic E-state index is -2.70. The molecule has 0 aliphatic rings. The molecular weight excluding hydrogens is 179 g/mol. The Labute approximate surface area is 69.3 Å². The molecule has 2 N–H and O–H groups in total. The van der Waals surface area contributed by atoms with Crippen LogP contribution in [0, 0.1) is 0 Å². The lowest BCUT2D eigenvalue weighted by Crippen LogP contribution is -2.00. The molecule has 1 aromatic rings. The van der Waals surface area contributed by atoms with Crippen molar-refractivity contribution in [2.24, 2.45) is 0 Å². The first kappa shape index (κ1) is 8.97. The molecule has 0 spiro atoms. The number of carboxylic acid groups (broad SMARTS) is 1. The highest BCUT2D eigenvalue weighted by atomic mass is 31.1. The maximum Gasteiger partial charge on any atom is 0.335 e. The van der Waals surface area contributed by atoms with Crippen LogP contribution < -0.4 is 5.30 Å². The molecule has 4 nitrogen and oxygen atoms in total. The van der Waals surface area contributed by atoms with Gasteiger partial charge >= 0.3 is 5.97 Å². The van der Waals surface area contributed by atoms with E-state index in [0.29, 0.717) is 0 Å². The molecule has 0 saturated heterocycles. The Morgan fingerprint density at radius 2 is 1.75 bits per heavy atom. The lowest BCUT2D eigenvalue weighted by molar-refractivity contribution is 0.0697. The molecule has 1 atom stereocenters. The number of hydrogen-bond acceptors (Lipinski definition) is 2. The Morgan fingerprint density at radius 1 is 1.25 bits per heavy atom. The molecule has 64 valence electrons. The molecular formula is C7H7O4P. The summed E-state index contributed by atoms with van der Waals surface area (Å²) in [7, 11) is -2.70. The van der Waals surface area contributed by atoms with Crippen LogP contribution in [0.4, 0.5) is 0 Å². The van der Waals surface area contributed by atoms with Gasteiger partial charge in [0.2, 0.25) is 8.03 Å². The summed E-state index contributed by atoms with van der Waals surface area (Å²) in [5.41, 5.74) is 0.113. The Bertz CT molecular complexity index is 284. The van der Waals surface area contributed by atoms with Gasteiger partial charge in [0.05, 0.1) is 5.56 Å². The summed E-state index contributed by atoms with van der Waals surface area (Å²) in [5.74, 6) is -1.04. The number of hydrogen-bond donors (Lipinski definition) is 2. The molecule has 1 aromatic carbocycles. The van der Waals surface area contributed by atoms with Gasteiger partial charge in [0.1, 0.15) is 0 Å². The number of carbonyl (C=O) groups is 1. The first-order chi connectivity index (χ1) is 5.61. The van der Waals surface area contributed by atoms with Gasteiger partial charge in [-0.1, -0.05) is 0 Å². The molecule has 1 rings (SSSR count). The number of benzene rings is 1. The number of carboxylic acids is 1. The van der Waals surface area contributed by atoms with E-state index < -0.39 is 14.0 Å². The van der Waals surface area contributed by atoms with E-state index in [4.69, 9.17) is 10.00 Å². The molecule has 5 heteroatoms. The largest absolute Gasteiger partial charge is 0.478 e. The summed E-state index contributed by atoms with van der Waals surface area (Å²) >= 11 is 0. The third kappa shape index (κ3) is 1.94. The van der Waals surface area contributed by atoms with Crippen LogP contribution in [-0.4, -0.2) is 16.0 Å². The van der Waals surface area contributed by atoms with Gasteiger partial charge in [0, 0.05) is 5.30 Å². The van der Waals surface area contributed by atoms with Crippen LogP contribution in [0.25, 0.3) is 0 Å². The van der Waals surface area contributed by atoms with Crippen molar-refractivity contribution >= 4 is 19.3 Å². The van der Waals surface area contributed by atoms with E-state index in [-0.39, 0.29) is 10.9 Å². The van der Waals surface area contributed by atoms with Crippen molar-refractivity contribution in [3.63, 3.8) is 0 Å². The van der Waals surface area contributed by atoms with Crippen LogP contribution in [-0.2, 0) is 4.57 Å². The second-order valence-electron chi connectivity index (χ2n) is 2.19. The molecule has 0 saturated carbocycles. The van der Waals surface area contributed by atoms with Gasteiger partial charge in [0.25, 0.3) is 0 Å². The second kappa shape index (κ2) is 3.52. The van der Waals surface area contributed by atoms with E-state index in [0.717, 1.165) is 0 Å². The van der Waals surface area contributed by atoms with Crippen molar-refractivity contribution in [3.05, 3.63) is 29.8 Å². The van der Waals surface area contributed by atoms with Gasteiger partial charge in [0.15, 0.2) is 0 Å². The van der Waals surface area contributed by atoms with Gasteiger partial charge < -0.3 is 10.00 Å². The summed E-state index contributed by atoms with van der Waals surface area (Å²) in [6, 6.07) is 5.28. The van der Waals surface area contributed by atoms with Crippen molar-refractivity contribution in [3.8, 4) is 0 Å². The normalized spacial score (nSPS) is 12.4. The molecule has 0 aliphatic carbocycles. The van der Waals surface area contributed by atoms with Crippen molar-refractivity contribution in [2.75, 3.05) is 0 Å². The molecule has 0 aliphatic heterocycles. The minimum Gasteiger partial charge on any atom is -0.478 e. The second-order valence-corrected chi connectivity index (χ2v) is 3.38. The highest BCUT2D eigenvalue weighted by molar-refractivity contribution is 7.47. The van der Waals surface area contributed by atoms with Crippen LogP contribution in [0.5, 0.6) is 0 Å². The number of aromatic carboxylic acids is 1. The Morgan fingerprint density at radius 3 is 2.08 bits per heavy atom. The van der Waals surface area contributed by atoms with Crippen LogP contribution in [0.3, 0.4) is 0 Å². The van der Waals surface area contributed by atoms with E-state index in [2.05, 4.69) is 0 Å². The summed E-state index contributed by atoms with van der Waals surface area (Å²) in [5, 5.41) is 8.75. The molecule has 0 amide bonds. The van der Waals surface area contributed by atoms with Gasteiger partial charge in [-0.25, -0.2) is 4.79 Å². The lowest BCUT2D eigenvalue weighted by Gasteiger charge is -1.95. The van der Waals surface area contributed by atoms with Crippen LogP contribution in [0.1, 0.15) is 10.4 Å². The molecule has 1 unspecified atom stereocenters. The van der Waals surface area contributed by atoms with E-state index in [1.807, 2.05) is 0 Å². The minimum absolute atomic E-state index is 0.113. The fraction of sp³-hybridized carbons (Fsp3) is 0. The zero-order chi connectivity index (χ0) is 9.14.